The topological polar surface area (TPSA) is 18.0 Å². The maximum Gasteiger partial charge on any atom is 0.573 e. The highest BCUT2D eigenvalue weighted by atomic mass is 19.4. The molecule has 0 N–H and O–H groups in total. The Morgan fingerprint density at radius 3 is 1.76 bits per heavy atom. The van der Waals surface area contributed by atoms with Crippen LogP contribution >= 0.6 is 0 Å². The zero-order valence-electron chi connectivity index (χ0n) is 21.2. The van der Waals surface area contributed by atoms with Crippen molar-refractivity contribution >= 4 is 0 Å². The lowest BCUT2D eigenvalue weighted by molar-refractivity contribution is -0.694. The first-order valence-corrected chi connectivity index (χ1v) is 13.3. The fraction of sp³-hybridized carbons (Fsp3) is 0.679. The van der Waals surface area contributed by atoms with Crippen molar-refractivity contribution in [1.82, 2.24) is 4.57 Å². The molecule has 0 amide bonds. The van der Waals surface area contributed by atoms with Crippen LogP contribution in [0.1, 0.15) is 108 Å². The van der Waals surface area contributed by atoms with E-state index < -0.39 is 6.36 Å². The minimum atomic E-state index is -4.66. The minimum absolute atomic E-state index is 0.187. The van der Waals surface area contributed by atoms with Gasteiger partial charge in [-0.3, -0.25) is 0 Å². The highest BCUT2D eigenvalue weighted by Gasteiger charge is 2.31. The number of ether oxygens (including phenoxy) is 1. The molecular formula is C28H44F3N2O+. The molecule has 0 aliphatic heterocycles. The van der Waals surface area contributed by atoms with Gasteiger partial charge in [-0.15, -0.1) is 13.2 Å². The lowest BCUT2D eigenvalue weighted by atomic mass is 10.0. The molecule has 192 valence electrons. The molecule has 0 aliphatic carbocycles. The van der Waals surface area contributed by atoms with Crippen LogP contribution in [-0.2, 0) is 13.1 Å². The number of rotatable bonds is 18. The van der Waals surface area contributed by atoms with E-state index in [9.17, 15) is 13.2 Å². The van der Waals surface area contributed by atoms with E-state index in [1.165, 1.54) is 102 Å². The van der Waals surface area contributed by atoms with Crippen LogP contribution in [0.5, 0.6) is 5.75 Å². The van der Waals surface area contributed by atoms with Gasteiger partial charge in [0, 0.05) is 6.92 Å². The van der Waals surface area contributed by atoms with Gasteiger partial charge in [0.15, 0.2) is 0 Å². The summed E-state index contributed by atoms with van der Waals surface area (Å²) in [6.45, 7) is 6.00. The summed E-state index contributed by atoms with van der Waals surface area (Å²) in [5.74, 6) is 0.971. The van der Waals surface area contributed by atoms with Crippen LogP contribution < -0.4 is 9.30 Å². The first-order chi connectivity index (χ1) is 16.4. The fourth-order valence-electron chi connectivity index (χ4n) is 4.42. The zero-order valence-corrected chi connectivity index (χ0v) is 21.2. The smallest absolute Gasteiger partial charge is 0.406 e. The Hall–Kier alpha value is -1.98. The first-order valence-electron chi connectivity index (χ1n) is 13.3. The Morgan fingerprint density at radius 1 is 0.765 bits per heavy atom. The molecule has 0 saturated heterocycles. The van der Waals surface area contributed by atoms with E-state index in [0.29, 0.717) is 6.54 Å². The van der Waals surface area contributed by atoms with E-state index in [1.54, 1.807) is 12.1 Å². The summed E-state index contributed by atoms with van der Waals surface area (Å²) in [4.78, 5) is 0. The second-order valence-electron chi connectivity index (χ2n) is 9.45. The average molecular weight is 482 g/mol. The van der Waals surface area contributed by atoms with Crippen molar-refractivity contribution in [3.8, 4) is 5.75 Å². The molecule has 0 spiro atoms. The Labute approximate surface area is 204 Å². The number of aryl methyl sites for hydroxylation is 1. The largest absolute Gasteiger partial charge is 0.573 e. The fourth-order valence-corrected chi connectivity index (χ4v) is 4.42. The van der Waals surface area contributed by atoms with E-state index in [4.69, 9.17) is 0 Å². The van der Waals surface area contributed by atoms with E-state index in [1.807, 2.05) is 6.20 Å². The molecule has 1 heterocycles. The van der Waals surface area contributed by atoms with Crippen LogP contribution in [0.3, 0.4) is 0 Å². The lowest BCUT2D eigenvalue weighted by Crippen LogP contribution is -2.36. The van der Waals surface area contributed by atoms with Gasteiger partial charge in [-0.1, -0.05) is 96.1 Å². The second-order valence-corrected chi connectivity index (χ2v) is 9.45. The van der Waals surface area contributed by atoms with Gasteiger partial charge in [-0.2, -0.15) is 0 Å². The highest BCUT2D eigenvalue weighted by molar-refractivity contribution is 5.26. The van der Waals surface area contributed by atoms with Gasteiger partial charge in [-0.05, 0) is 30.5 Å². The number of alkyl halides is 3. The monoisotopic (exact) mass is 481 g/mol. The van der Waals surface area contributed by atoms with Gasteiger partial charge in [0.25, 0.3) is 5.82 Å². The number of unbranched alkanes of at least 4 members (excludes halogenated alkanes) is 13. The van der Waals surface area contributed by atoms with Gasteiger partial charge in [-0.25, -0.2) is 9.13 Å². The molecule has 0 bridgehead atoms. The molecule has 3 nitrogen and oxygen atoms in total. The lowest BCUT2D eigenvalue weighted by Gasteiger charge is -2.09. The quantitative estimate of drug-likeness (QED) is 0.154. The van der Waals surface area contributed by atoms with Crippen LogP contribution in [0, 0.1) is 6.92 Å². The molecule has 0 aliphatic rings. The van der Waals surface area contributed by atoms with Gasteiger partial charge in [0.05, 0.1) is 6.54 Å². The SMILES string of the molecule is CCCCCCCCCCCCCCCCn1cc[n+](Cc2ccc(OC(F)(F)F)cc2)c1C. The summed E-state index contributed by atoms with van der Waals surface area (Å²) in [5, 5.41) is 0. The Balaban J connectivity index is 1.55. The molecule has 2 aromatic rings. The number of hydrogen-bond donors (Lipinski definition) is 0. The number of halogens is 3. The second kappa shape index (κ2) is 15.8. The van der Waals surface area contributed by atoms with Crippen molar-refractivity contribution in [3.05, 3.63) is 48.0 Å². The number of hydrogen-bond acceptors (Lipinski definition) is 1. The summed E-state index contributed by atoms with van der Waals surface area (Å²) < 4.78 is 45.2. The van der Waals surface area contributed by atoms with Crippen LogP contribution in [0.25, 0.3) is 0 Å². The van der Waals surface area contributed by atoms with E-state index in [2.05, 4.69) is 33.9 Å². The predicted molar refractivity (Wildman–Crippen MR) is 132 cm³/mol. The number of aromatic nitrogens is 2. The van der Waals surface area contributed by atoms with Crippen LogP contribution in [-0.4, -0.2) is 10.9 Å². The summed E-state index contributed by atoms with van der Waals surface area (Å²) in [6.07, 6.45) is 18.5. The van der Waals surface area contributed by atoms with Gasteiger partial charge >= 0.3 is 6.36 Å². The Kier molecular flexibility index (Phi) is 13.2. The molecular weight excluding hydrogens is 437 g/mol. The minimum Gasteiger partial charge on any atom is -0.406 e. The molecule has 0 atom stereocenters. The van der Waals surface area contributed by atoms with Crippen molar-refractivity contribution in [2.75, 3.05) is 0 Å². The van der Waals surface area contributed by atoms with Crippen molar-refractivity contribution in [2.45, 2.75) is 123 Å². The molecule has 0 fully saturated rings. The normalized spacial score (nSPS) is 11.8. The van der Waals surface area contributed by atoms with Crippen molar-refractivity contribution in [3.63, 3.8) is 0 Å². The summed E-state index contributed by atoms with van der Waals surface area (Å²) in [7, 11) is 0. The van der Waals surface area contributed by atoms with Crippen LogP contribution in [0.4, 0.5) is 13.2 Å². The molecule has 0 radical (unpaired) electrons. The third kappa shape index (κ3) is 11.9. The standard InChI is InChI=1S/C28H44F3N2O/c1-3-4-5-6-7-8-9-10-11-12-13-14-15-16-21-32-22-23-33(25(32)2)24-26-17-19-27(20-18-26)34-28(29,30)31/h17-20,22-23H,3-16,21,24H2,1-2H3/q+1. The highest BCUT2D eigenvalue weighted by Crippen LogP contribution is 2.22. The van der Waals surface area contributed by atoms with E-state index >= 15 is 0 Å². The predicted octanol–water partition coefficient (Wildman–Crippen LogP) is 8.51. The third-order valence-electron chi connectivity index (χ3n) is 6.52. The number of nitrogens with zero attached hydrogens (tertiary/aromatic N) is 2. The third-order valence-corrected chi connectivity index (χ3v) is 6.52. The summed E-state index contributed by atoms with van der Waals surface area (Å²) in [5.41, 5.74) is 0.942. The molecule has 2 rings (SSSR count). The van der Waals surface area contributed by atoms with Crippen molar-refractivity contribution in [2.24, 2.45) is 0 Å². The Morgan fingerprint density at radius 2 is 1.26 bits per heavy atom. The molecule has 1 aromatic heterocycles. The summed E-state index contributed by atoms with van der Waals surface area (Å²) >= 11 is 0. The Bertz CT molecular complexity index is 784. The van der Waals surface area contributed by atoms with E-state index in [0.717, 1.165) is 17.9 Å². The zero-order chi connectivity index (χ0) is 24.7. The first kappa shape index (κ1) is 28.3. The van der Waals surface area contributed by atoms with Crippen molar-refractivity contribution in [1.29, 1.82) is 0 Å². The van der Waals surface area contributed by atoms with Gasteiger partial charge < -0.3 is 4.74 Å². The summed E-state index contributed by atoms with van der Waals surface area (Å²) in [6, 6.07) is 6.09. The maximum absolute atomic E-state index is 12.3. The molecule has 0 saturated carbocycles. The van der Waals surface area contributed by atoms with E-state index in [-0.39, 0.29) is 5.75 Å². The van der Waals surface area contributed by atoms with Crippen molar-refractivity contribution < 1.29 is 22.5 Å². The molecule has 0 unspecified atom stereocenters. The molecule has 1 aromatic carbocycles. The number of benzene rings is 1. The maximum atomic E-state index is 12.3. The van der Waals surface area contributed by atoms with Gasteiger partial charge in [0.1, 0.15) is 24.7 Å². The van der Waals surface area contributed by atoms with Crippen LogP contribution in [0.2, 0.25) is 0 Å². The van der Waals surface area contributed by atoms with Gasteiger partial charge in [0.2, 0.25) is 0 Å². The molecule has 34 heavy (non-hydrogen) atoms. The number of imidazole rings is 1. The molecule has 6 heteroatoms. The average Bonchev–Trinajstić information content (AvgIpc) is 3.13. The van der Waals surface area contributed by atoms with Crippen LogP contribution in [0.15, 0.2) is 36.7 Å².